The molecule has 19 unspecified atom stereocenters. The lowest BCUT2D eigenvalue weighted by molar-refractivity contribution is -0.335. The van der Waals surface area contributed by atoms with Crippen LogP contribution in [0.25, 0.3) is 0 Å². The standard InChI is InChI=1S/C61H88O17/c1-30-25-40-54(4,21-15-39-57(40,7)31(2)26-42(58(39,8)52(70)71)75-51-48(73-9)46(67)45(66)47(76-51)50(69)74-10)35-13-19-53(3)36(56(30,35)6)16-22-59(28-62)37(53)14-20-55(5)38(59)17-23-60(29-63)41(55)27-32-34(77-60)12-11-33-44(32)49(68)78-61(33,72)24-18-43(64)65/h11-12,30-31,35-42,45-48,51,62-63,66-67,72H,13-29H2,1-10H3,(H,64,65)(H,70,71)/t30?,31?,35?,36?,37?,38?,39?,40?,41?,42?,45-,46-,47-,48+,51+,53?,54?,55?,56?,57?,58?,59?,60?,61?/m0/s1. The number of hydrogen-bond donors (Lipinski definition) is 7. The highest BCUT2D eigenvalue weighted by Gasteiger charge is 2.77. The molecule has 7 aliphatic carbocycles. The molecule has 434 valence electrons. The number of cyclic esters (lactones) is 1. The Morgan fingerprint density at radius 3 is 1.88 bits per heavy atom. The molecule has 3 heterocycles. The normalized spacial score (nSPS) is 51.7. The summed E-state index contributed by atoms with van der Waals surface area (Å²) in [7, 11) is 2.51. The second-order valence-electron chi connectivity index (χ2n) is 28.4. The summed E-state index contributed by atoms with van der Waals surface area (Å²) in [5, 5.41) is 78.1. The van der Waals surface area contributed by atoms with Gasteiger partial charge in [0.25, 0.3) is 0 Å². The monoisotopic (exact) mass is 1090 g/mol. The fourth-order valence-corrected chi connectivity index (χ4v) is 22.4. The Bertz CT molecular complexity index is 2610. The molecule has 7 saturated carbocycles. The number of rotatable bonds is 10. The highest BCUT2D eigenvalue weighted by Crippen LogP contribution is 2.81. The van der Waals surface area contributed by atoms with Crippen molar-refractivity contribution in [2.24, 2.45) is 91.2 Å². The van der Waals surface area contributed by atoms with E-state index in [0.29, 0.717) is 54.7 Å². The lowest BCUT2D eigenvalue weighted by Gasteiger charge is -2.77. The van der Waals surface area contributed by atoms with Gasteiger partial charge in [0.1, 0.15) is 29.7 Å². The van der Waals surface area contributed by atoms with E-state index in [9.17, 15) is 54.9 Å². The number of hydrogen-bond acceptors (Lipinski definition) is 15. The molecule has 0 bridgehead atoms. The highest BCUT2D eigenvalue weighted by atomic mass is 16.7. The number of carboxylic acid groups (broad SMARTS) is 2. The molecule has 1 saturated heterocycles. The smallest absolute Gasteiger partial charge is 0.341 e. The Labute approximate surface area is 458 Å². The van der Waals surface area contributed by atoms with Crippen molar-refractivity contribution in [2.75, 3.05) is 27.4 Å². The number of ether oxygens (including phenoxy) is 6. The van der Waals surface area contributed by atoms with Crippen molar-refractivity contribution in [1.29, 1.82) is 0 Å². The van der Waals surface area contributed by atoms with Gasteiger partial charge in [-0.1, -0.05) is 48.5 Å². The Morgan fingerprint density at radius 2 is 1.28 bits per heavy atom. The third-order valence-electron chi connectivity index (χ3n) is 26.3. The molecule has 7 N–H and O–H groups in total. The number of aliphatic hydroxyl groups excluding tert-OH is 4. The number of fused-ring (bicyclic) bond motifs is 16. The van der Waals surface area contributed by atoms with E-state index in [4.69, 9.17) is 28.4 Å². The maximum absolute atomic E-state index is 14.0. The molecule has 17 nitrogen and oxygen atoms in total. The third-order valence-corrected chi connectivity index (χ3v) is 26.3. The molecule has 11 rings (SSSR count). The van der Waals surface area contributed by atoms with Gasteiger partial charge in [0.05, 0.1) is 37.2 Å². The first-order valence-corrected chi connectivity index (χ1v) is 29.4. The van der Waals surface area contributed by atoms with E-state index >= 15 is 0 Å². The molecule has 17 heteroatoms. The minimum absolute atomic E-state index is 0.0211. The number of methoxy groups -OCH3 is 2. The summed E-state index contributed by atoms with van der Waals surface area (Å²) in [6.45, 7) is 18.7. The second-order valence-corrected chi connectivity index (χ2v) is 28.4. The van der Waals surface area contributed by atoms with Crippen molar-refractivity contribution < 1.29 is 83.3 Å². The van der Waals surface area contributed by atoms with Crippen molar-refractivity contribution in [3.8, 4) is 5.75 Å². The number of esters is 2. The zero-order chi connectivity index (χ0) is 56.5. The highest BCUT2D eigenvalue weighted by molar-refractivity contribution is 5.97. The number of carbonyl (C=O) groups is 4. The summed E-state index contributed by atoms with van der Waals surface area (Å²) in [5.74, 6) is -4.15. The van der Waals surface area contributed by atoms with Gasteiger partial charge in [0.2, 0.25) is 5.79 Å². The SMILES string of the molecule is COC(=O)[C@H]1O[C@@H](OC2CC(C)C3(C)C4CC(C)C5(C)C6CCC7(CO)C8CCC9(CO)Oc%10ccc%11c(c%10CC9C8(C)CCC7C6(C)CCC5C4(C)CCC3C2(C)C(=O)O)C(=O)OC%11(O)CCC(=O)O)[C@H](OC)[C@@H](O)[C@@H]1O. The maximum atomic E-state index is 14.0. The van der Waals surface area contributed by atoms with Crippen molar-refractivity contribution in [1.82, 2.24) is 0 Å². The maximum Gasteiger partial charge on any atom is 0.341 e. The van der Waals surface area contributed by atoms with Crippen molar-refractivity contribution in [2.45, 2.75) is 200 Å². The number of aliphatic hydroxyl groups is 5. The van der Waals surface area contributed by atoms with E-state index in [-0.39, 0.29) is 88.9 Å². The molecule has 0 aromatic heterocycles. The van der Waals surface area contributed by atoms with E-state index < -0.39 is 93.7 Å². The van der Waals surface area contributed by atoms with Gasteiger partial charge in [-0.2, -0.15) is 0 Å². The first-order valence-electron chi connectivity index (χ1n) is 29.4. The summed E-state index contributed by atoms with van der Waals surface area (Å²) >= 11 is 0. The van der Waals surface area contributed by atoms with Crippen LogP contribution in [-0.4, -0.2) is 129 Å². The molecular formula is C61H88O17. The predicted molar refractivity (Wildman–Crippen MR) is 279 cm³/mol. The zero-order valence-corrected chi connectivity index (χ0v) is 47.5. The summed E-state index contributed by atoms with van der Waals surface area (Å²) in [5.41, 5.74) is -2.61. The molecule has 1 aromatic carbocycles. The fourth-order valence-electron chi connectivity index (χ4n) is 22.4. The Kier molecular flexibility index (Phi) is 13.4. The predicted octanol–water partition coefficient (Wildman–Crippen LogP) is 7.02. The lowest BCUT2D eigenvalue weighted by atomic mass is 9.27. The molecule has 0 spiro atoms. The molecular weight excluding hydrogens is 1000 g/mol. The van der Waals surface area contributed by atoms with E-state index in [2.05, 4.69) is 48.5 Å². The van der Waals surface area contributed by atoms with E-state index in [1.807, 2.05) is 6.92 Å². The lowest BCUT2D eigenvalue weighted by Crippen LogP contribution is -2.73. The molecule has 1 aromatic rings. The molecule has 10 aliphatic rings. The van der Waals surface area contributed by atoms with Crippen molar-refractivity contribution in [3.63, 3.8) is 0 Å². The number of carbonyl (C=O) groups excluding carboxylic acids is 2. The van der Waals surface area contributed by atoms with E-state index in [1.54, 1.807) is 12.1 Å². The number of benzene rings is 1. The van der Waals surface area contributed by atoms with Crippen LogP contribution in [0.1, 0.15) is 167 Å². The zero-order valence-electron chi connectivity index (χ0n) is 47.5. The summed E-state index contributed by atoms with van der Waals surface area (Å²) in [6, 6.07) is 3.31. The van der Waals surface area contributed by atoms with Crippen LogP contribution in [0.2, 0.25) is 0 Å². The summed E-state index contributed by atoms with van der Waals surface area (Å²) in [4.78, 5) is 52.1. The first-order chi connectivity index (χ1) is 36.6. The van der Waals surface area contributed by atoms with Crippen LogP contribution in [0, 0.1) is 91.2 Å². The van der Waals surface area contributed by atoms with Gasteiger partial charge in [-0.25, -0.2) is 9.59 Å². The minimum atomic E-state index is -2.08. The van der Waals surface area contributed by atoms with Crippen molar-refractivity contribution >= 4 is 23.9 Å². The Balaban J connectivity index is 0.875. The molecule has 78 heavy (non-hydrogen) atoms. The van der Waals surface area contributed by atoms with Crippen LogP contribution in [0.3, 0.4) is 0 Å². The van der Waals surface area contributed by atoms with E-state index in [1.165, 1.54) is 7.11 Å². The van der Waals surface area contributed by atoms with Crippen LogP contribution in [0.4, 0.5) is 0 Å². The Hall–Kier alpha value is -3.42. The minimum Gasteiger partial charge on any atom is -0.484 e. The van der Waals surface area contributed by atoms with Gasteiger partial charge < -0.3 is 64.2 Å². The van der Waals surface area contributed by atoms with Gasteiger partial charge >= 0.3 is 23.9 Å². The molecule has 0 radical (unpaired) electrons. The molecule has 24 atom stereocenters. The first kappa shape index (κ1) is 56.4. The molecule has 3 aliphatic heterocycles. The van der Waals surface area contributed by atoms with Crippen LogP contribution in [0.15, 0.2) is 12.1 Å². The van der Waals surface area contributed by atoms with Crippen LogP contribution < -0.4 is 4.74 Å². The average molecular weight is 1090 g/mol. The van der Waals surface area contributed by atoms with Gasteiger partial charge in [-0.15, -0.1) is 0 Å². The van der Waals surface area contributed by atoms with E-state index in [0.717, 1.165) is 64.9 Å². The topological polar surface area (TPSA) is 265 Å². The fraction of sp³-hybridized carbons (Fsp3) is 0.836. The number of aliphatic carboxylic acids is 2. The largest absolute Gasteiger partial charge is 0.484 e. The Morgan fingerprint density at radius 1 is 0.705 bits per heavy atom. The van der Waals surface area contributed by atoms with Crippen LogP contribution in [-0.2, 0) is 50.3 Å². The van der Waals surface area contributed by atoms with Gasteiger partial charge in [-0.3, -0.25) is 9.59 Å². The average Bonchev–Trinajstić information content (AvgIpc) is 3.65. The summed E-state index contributed by atoms with van der Waals surface area (Å²) < 4.78 is 35.7. The quantitative estimate of drug-likeness (QED) is 0.0917. The van der Waals surface area contributed by atoms with Crippen LogP contribution in [0.5, 0.6) is 5.75 Å². The van der Waals surface area contributed by atoms with Gasteiger partial charge in [0, 0.05) is 42.6 Å². The van der Waals surface area contributed by atoms with Crippen molar-refractivity contribution in [3.05, 3.63) is 28.8 Å². The third kappa shape index (κ3) is 7.18. The summed E-state index contributed by atoms with van der Waals surface area (Å²) in [6.07, 6.45) is 1.47. The molecule has 0 amide bonds. The second kappa shape index (κ2) is 18.5. The molecule has 8 fully saturated rings. The van der Waals surface area contributed by atoms with Gasteiger partial charge in [0.15, 0.2) is 12.4 Å². The number of carboxylic acids is 2. The van der Waals surface area contributed by atoms with Crippen LogP contribution >= 0.6 is 0 Å². The van der Waals surface area contributed by atoms with Gasteiger partial charge in [-0.05, 0) is 177 Å².